The summed E-state index contributed by atoms with van der Waals surface area (Å²) in [7, 11) is 0. The Morgan fingerprint density at radius 3 is 1.88 bits per heavy atom. The number of thiophene rings is 2. The molecule has 228 valence electrons. The van der Waals surface area contributed by atoms with Gasteiger partial charge in [-0.2, -0.15) is 8.75 Å². The molecule has 0 atom stereocenters. The molecule has 3 aromatic heterocycles. The Balaban J connectivity index is 1.66. The molecule has 0 bridgehead atoms. The molecule has 0 unspecified atom stereocenters. The highest BCUT2D eigenvalue weighted by Crippen LogP contribution is 2.61. The molecule has 1 aliphatic rings. The van der Waals surface area contributed by atoms with Crippen LogP contribution in [-0.4, -0.2) is 8.75 Å². The number of rotatable bonds is 15. The Hall–Kier alpha value is -1.56. The number of fused-ring (bicyclic) bond motifs is 4. The molecule has 4 aromatic rings. The van der Waals surface area contributed by atoms with Crippen LogP contribution in [0.25, 0.3) is 31.2 Å². The number of hydrogen-bond donors (Lipinski definition) is 0. The zero-order chi connectivity index (χ0) is 30.1. The number of benzene rings is 1. The second-order valence-electron chi connectivity index (χ2n) is 14.0. The van der Waals surface area contributed by atoms with Crippen molar-refractivity contribution in [2.75, 3.05) is 0 Å². The smallest absolute Gasteiger partial charge is 0.113 e. The summed E-state index contributed by atoms with van der Waals surface area (Å²) >= 11 is 5.48. The van der Waals surface area contributed by atoms with E-state index in [1.165, 1.54) is 98.4 Å². The summed E-state index contributed by atoms with van der Waals surface area (Å²) in [5.41, 5.74) is 8.51. The third kappa shape index (κ3) is 5.68. The Bertz CT molecular complexity index is 1490. The monoisotopic (exact) mass is 620 g/mol. The summed E-state index contributed by atoms with van der Waals surface area (Å²) in [6, 6.07) is 9.94. The Morgan fingerprint density at radius 2 is 1.26 bits per heavy atom. The summed E-state index contributed by atoms with van der Waals surface area (Å²) in [5.74, 6) is 0. The molecule has 0 fully saturated rings. The summed E-state index contributed by atoms with van der Waals surface area (Å²) in [4.78, 5) is 6.06. The quantitative estimate of drug-likeness (QED) is 0.124. The fourth-order valence-corrected chi connectivity index (χ4v) is 10.2. The topological polar surface area (TPSA) is 25.8 Å². The van der Waals surface area contributed by atoms with E-state index in [4.69, 9.17) is 8.75 Å². The maximum Gasteiger partial charge on any atom is 0.113 e. The summed E-state index contributed by atoms with van der Waals surface area (Å²) < 4.78 is 9.73. The minimum absolute atomic E-state index is 0.0875. The van der Waals surface area contributed by atoms with Gasteiger partial charge in [0.05, 0.1) is 11.7 Å². The number of nitrogens with zero attached hydrogens (tertiary/aromatic N) is 2. The van der Waals surface area contributed by atoms with Crippen molar-refractivity contribution in [1.82, 2.24) is 8.75 Å². The van der Waals surface area contributed by atoms with Gasteiger partial charge in [-0.05, 0) is 65.3 Å². The molecule has 0 aliphatic heterocycles. The average molecular weight is 621 g/mol. The molecule has 1 aliphatic carbocycles. The normalized spacial score (nSPS) is 14.6. The minimum Gasteiger partial charge on any atom is -0.173 e. The van der Waals surface area contributed by atoms with E-state index in [0.717, 1.165) is 17.5 Å². The maximum atomic E-state index is 4.89. The van der Waals surface area contributed by atoms with Crippen LogP contribution >= 0.6 is 34.4 Å². The van der Waals surface area contributed by atoms with Crippen LogP contribution in [0, 0.1) is 0 Å². The van der Waals surface area contributed by atoms with Gasteiger partial charge in [-0.1, -0.05) is 119 Å². The first-order valence-electron chi connectivity index (χ1n) is 16.7. The lowest BCUT2D eigenvalue weighted by atomic mass is 9.71. The van der Waals surface area contributed by atoms with Crippen molar-refractivity contribution >= 4 is 45.4 Å². The van der Waals surface area contributed by atoms with Crippen LogP contribution in [0.3, 0.4) is 0 Å². The largest absolute Gasteiger partial charge is 0.173 e. The molecular weight excluding hydrogens is 569 g/mol. The first-order chi connectivity index (χ1) is 20.1. The zero-order valence-corrected chi connectivity index (χ0v) is 29.9. The molecule has 0 saturated heterocycles. The van der Waals surface area contributed by atoms with Crippen LogP contribution in [0.15, 0.2) is 24.3 Å². The lowest BCUT2D eigenvalue weighted by Gasteiger charge is -2.32. The third-order valence-corrected chi connectivity index (χ3v) is 13.8. The predicted molar refractivity (Wildman–Crippen MR) is 189 cm³/mol. The van der Waals surface area contributed by atoms with Crippen molar-refractivity contribution in [3.63, 3.8) is 0 Å². The van der Waals surface area contributed by atoms with Gasteiger partial charge in [-0.25, -0.2) is 0 Å². The average Bonchev–Trinajstić information content (AvgIpc) is 3.76. The van der Waals surface area contributed by atoms with Gasteiger partial charge in [0.1, 0.15) is 11.0 Å². The molecule has 5 heteroatoms. The van der Waals surface area contributed by atoms with Crippen LogP contribution < -0.4 is 0 Å². The first kappa shape index (κ1) is 31.9. The van der Waals surface area contributed by atoms with E-state index in [-0.39, 0.29) is 16.2 Å². The molecule has 0 saturated carbocycles. The first-order valence-corrected chi connectivity index (χ1v) is 19.1. The highest BCUT2D eigenvalue weighted by Gasteiger charge is 2.46. The van der Waals surface area contributed by atoms with Gasteiger partial charge in [0, 0.05) is 30.5 Å². The van der Waals surface area contributed by atoms with E-state index in [1.54, 1.807) is 25.8 Å². The standard InChI is InChI=1S/C37H52N2S3/c1-9-13-15-17-21-37(22-18-16-14-10-2)27-23-29(40-33(27)34-28(37)24-30(41-34)36(7,8)12-4)25-19-20-26(35(5,6)11-3)32-31(25)38-42-39-32/h19-20,23-24H,9-18,21-22H2,1-8H3. The summed E-state index contributed by atoms with van der Waals surface area (Å²) in [6.07, 6.45) is 15.4. The van der Waals surface area contributed by atoms with Crippen molar-refractivity contribution in [1.29, 1.82) is 0 Å². The van der Waals surface area contributed by atoms with Crippen molar-refractivity contribution in [2.24, 2.45) is 0 Å². The molecule has 0 radical (unpaired) electrons. The Labute approximate surface area is 267 Å². The maximum absolute atomic E-state index is 4.89. The lowest BCUT2D eigenvalue weighted by Crippen LogP contribution is -2.25. The SMILES string of the molecule is CCCCCCC1(CCCCCC)c2cc(-c3ccc(C(C)(C)CC)c4nsnc34)sc2-c2sc(C(C)(C)CC)cc21. The van der Waals surface area contributed by atoms with E-state index in [2.05, 4.69) is 91.0 Å². The van der Waals surface area contributed by atoms with Crippen LogP contribution in [0.2, 0.25) is 0 Å². The second-order valence-corrected chi connectivity index (χ2v) is 16.6. The zero-order valence-electron chi connectivity index (χ0n) is 27.4. The van der Waals surface area contributed by atoms with Crippen molar-refractivity contribution in [3.05, 3.63) is 45.8 Å². The van der Waals surface area contributed by atoms with Crippen LogP contribution in [0.4, 0.5) is 0 Å². The highest BCUT2D eigenvalue weighted by atomic mass is 32.1. The molecule has 0 spiro atoms. The van der Waals surface area contributed by atoms with Gasteiger partial charge in [-0.15, -0.1) is 22.7 Å². The molecule has 0 N–H and O–H groups in total. The predicted octanol–water partition coefficient (Wildman–Crippen LogP) is 13.1. The van der Waals surface area contributed by atoms with Gasteiger partial charge >= 0.3 is 0 Å². The molecular formula is C37H52N2S3. The van der Waals surface area contributed by atoms with E-state index >= 15 is 0 Å². The fourth-order valence-electron chi connectivity index (χ4n) is 6.79. The van der Waals surface area contributed by atoms with E-state index in [9.17, 15) is 0 Å². The lowest BCUT2D eigenvalue weighted by molar-refractivity contribution is 0.401. The summed E-state index contributed by atoms with van der Waals surface area (Å²) in [5, 5.41) is 0. The number of unbranched alkanes of at least 4 members (excludes halogenated alkanes) is 6. The van der Waals surface area contributed by atoms with Gasteiger partial charge in [0.15, 0.2) is 0 Å². The van der Waals surface area contributed by atoms with Crippen molar-refractivity contribution in [2.45, 2.75) is 149 Å². The fraction of sp³-hybridized carbons (Fsp3) is 0.622. The van der Waals surface area contributed by atoms with Gasteiger partial charge in [0.2, 0.25) is 0 Å². The van der Waals surface area contributed by atoms with Gasteiger partial charge in [0.25, 0.3) is 0 Å². The molecule has 0 amide bonds. The Morgan fingerprint density at radius 1 is 0.667 bits per heavy atom. The minimum atomic E-state index is 0.0875. The van der Waals surface area contributed by atoms with Gasteiger partial charge < -0.3 is 0 Å². The van der Waals surface area contributed by atoms with Crippen molar-refractivity contribution < 1.29 is 0 Å². The molecule has 3 heterocycles. The molecule has 5 rings (SSSR count). The van der Waals surface area contributed by atoms with E-state index in [1.807, 2.05) is 11.3 Å². The van der Waals surface area contributed by atoms with Crippen LogP contribution in [0.1, 0.15) is 154 Å². The second kappa shape index (κ2) is 12.8. The summed E-state index contributed by atoms with van der Waals surface area (Å²) in [6.45, 7) is 18.8. The Kier molecular flexibility index (Phi) is 9.72. The van der Waals surface area contributed by atoms with Crippen LogP contribution in [-0.2, 0) is 16.2 Å². The van der Waals surface area contributed by atoms with E-state index in [0.29, 0.717) is 0 Å². The highest BCUT2D eigenvalue weighted by molar-refractivity contribution is 7.24. The molecule has 2 nitrogen and oxygen atoms in total. The van der Waals surface area contributed by atoms with Crippen LogP contribution in [0.5, 0.6) is 0 Å². The van der Waals surface area contributed by atoms with Crippen molar-refractivity contribution in [3.8, 4) is 20.2 Å². The molecule has 1 aromatic carbocycles. The van der Waals surface area contributed by atoms with E-state index < -0.39 is 0 Å². The number of hydrogen-bond acceptors (Lipinski definition) is 5. The molecule has 42 heavy (non-hydrogen) atoms. The number of aromatic nitrogens is 2. The van der Waals surface area contributed by atoms with Gasteiger partial charge in [-0.3, -0.25) is 0 Å². The third-order valence-electron chi connectivity index (χ3n) is 10.5.